The number of hydrogen-bond acceptors (Lipinski definition) is 3. The largest absolute Gasteiger partial charge is 0.309 e. The van der Waals surface area contributed by atoms with Crippen molar-refractivity contribution >= 4 is 27.3 Å². The third-order valence-electron chi connectivity index (χ3n) is 3.32. The standard InChI is InChI=1S/C14H12ClFN2O2S/c15-12-2-1-3-13(16)14(12)18-21(19,20)11-5-4-9-7-17-8-10(9)6-11/h1-6,17-18H,7-8H2. The van der Waals surface area contributed by atoms with Gasteiger partial charge in [0.2, 0.25) is 0 Å². The van der Waals surface area contributed by atoms with Gasteiger partial charge in [0.05, 0.1) is 9.92 Å². The number of benzene rings is 2. The third-order valence-corrected chi connectivity index (χ3v) is 4.98. The maximum Gasteiger partial charge on any atom is 0.262 e. The fourth-order valence-electron chi connectivity index (χ4n) is 2.23. The van der Waals surface area contributed by atoms with Gasteiger partial charge in [0.1, 0.15) is 11.5 Å². The lowest BCUT2D eigenvalue weighted by Gasteiger charge is -2.11. The highest BCUT2D eigenvalue weighted by atomic mass is 35.5. The Hall–Kier alpha value is -1.63. The Bertz CT molecular complexity index is 788. The predicted molar refractivity (Wildman–Crippen MR) is 79.2 cm³/mol. The summed E-state index contributed by atoms with van der Waals surface area (Å²) in [4.78, 5) is 0.0873. The van der Waals surface area contributed by atoms with E-state index < -0.39 is 15.8 Å². The van der Waals surface area contributed by atoms with Crippen LogP contribution in [0.15, 0.2) is 41.3 Å². The van der Waals surface area contributed by atoms with E-state index in [1.807, 2.05) is 0 Å². The second kappa shape index (κ2) is 5.29. The van der Waals surface area contributed by atoms with Gasteiger partial charge in [-0.25, -0.2) is 12.8 Å². The van der Waals surface area contributed by atoms with E-state index >= 15 is 0 Å². The molecule has 0 saturated carbocycles. The Morgan fingerprint density at radius 2 is 1.90 bits per heavy atom. The maximum atomic E-state index is 13.7. The van der Waals surface area contributed by atoms with E-state index in [4.69, 9.17) is 11.6 Å². The van der Waals surface area contributed by atoms with Crippen LogP contribution in [0.3, 0.4) is 0 Å². The van der Waals surface area contributed by atoms with Gasteiger partial charge in [0, 0.05) is 13.1 Å². The van der Waals surface area contributed by atoms with Crippen LogP contribution in [0.4, 0.5) is 10.1 Å². The fraction of sp³-hybridized carbons (Fsp3) is 0.143. The van der Waals surface area contributed by atoms with Crippen molar-refractivity contribution < 1.29 is 12.8 Å². The molecule has 1 heterocycles. The highest BCUT2D eigenvalue weighted by Crippen LogP contribution is 2.28. The Morgan fingerprint density at radius 1 is 1.14 bits per heavy atom. The quantitative estimate of drug-likeness (QED) is 0.912. The zero-order chi connectivity index (χ0) is 15.0. The lowest BCUT2D eigenvalue weighted by Crippen LogP contribution is -2.14. The van der Waals surface area contributed by atoms with Crippen LogP contribution in [0.5, 0.6) is 0 Å². The molecule has 0 saturated heterocycles. The molecule has 21 heavy (non-hydrogen) atoms. The second-order valence-corrected chi connectivity index (χ2v) is 6.83. The molecule has 7 heteroatoms. The number of rotatable bonds is 3. The highest BCUT2D eigenvalue weighted by molar-refractivity contribution is 7.92. The van der Waals surface area contributed by atoms with Crippen molar-refractivity contribution in [2.75, 3.05) is 4.72 Å². The Kier molecular flexibility index (Phi) is 3.61. The molecule has 2 aromatic rings. The van der Waals surface area contributed by atoms with Crippen LogP contribution in [0.2, 0.25) is 5.02 Å². The summed E-state index contributed by atoms with van der Waals surface area (Å²) in [6.45, 7) is 1.35. The normalized spacial score (nSPS) is 14.0. The summed E-state index contributed by atoms with van der Waals surface area (Å²) in [6, 6.07) is 8.84. The smallest absolute Gasteiger partial charge is 0.262 e. The lowest BCUT2D eigenvalue weighted by molar-refractivity contribution is 0.598. The van der Waals surface area contributed by atoms with E-state index in [0.29, 0.717) is 6.54 Å². The van der Waals surface area contributed by atoms with E-state index in [2.05, 4.69) is 10.0 Å². The zero-order valence-electron chi connectivity index (χ0n) is 10.9. The number of hydrogen-bond donors (Lipinski definition) is 2. The Labute approximate surface area is 127 Å². The summed E-state index contributed by atoms with van der Waals surface area (Å²) in [5.41, 5.74) is 1.76. The molecule has 0 spiro atoms. The number of fused-ring (bicyclic) bond motifs is 1. The van der Waals surface area contributed by atoms with Gasteiger partial charge in [0.25, 0.3) is 10.0 Å². The van der Waals surface area contributed by atoms with Gasteiger partial charge in [-0.05, 0) is 35.4 Å². The molecule has 0 atom stereocenters. The zero-order valence-corrected chi connectivity index (χ0v) is 12.4. The minimum atomic E-state index is -3.88. The van der Waals surface area contributed by atoms with Crippen LogP contribution in [0.25, 0.3) is 0 Å². The summed E-state index contributed by atoms with van der Waals surface area (Å²) in [6.07, 6.45) is 0. The molecule has 1 aliphatic heterocycles. The average Bonchev–Trinajstić information content (AvgIpc) is 2.90. The average molecular weight is 327 g/mol. The minimum Gasteiger partial charge on any atom is -0.309 e. The van der Waals surface area contributed by atoms with E-state index in [9.17, 15) is 12.8 Å². The van der Waals surface area contributed by atoms with E-state index in [0.717, 1.165) is 23.7 Å². The molecule has 1 aliphatic rings. The van der Waals surface area contributed by atoms with Gasteiger partial charge in [-0.15, -0.1) is 0 Å². The molecule has 110 valence electrons. The molecule has 0 aliphatic carbocycles. The van der Waals surface area contributed by atoms with E-state index in [1.165, 1.54) is 18.2 Å². The van der Waals surface area contributed by atoms with Crippen molar-refractivity contribution in [3.8, 4) is 0 Å². The van der Waals surface area contributed by atoms with E-state index in [1.54, 1.807) is 12.1 Å². The molecular weight excluding hydrogens is 315 g/mol. The van der Waals surface area contributed by atoms with E-state index in [-0.39, 0.29) is 15.6 Å². The van der Waals surface area contributed by atoms with Crippen molar-refractivity contribution in [3.63, 3.8) is 0 Å². The van der Waals surface area contributed by atoms with Crippen molar-refractivity contribution in [1.29, 1.82) is 0 Å². The van der Waals surface area contributed by atoms with Crippen LogP contribution < -0.4 is 10.0 Å². The Balaban J connectivity index is 1.98. The van der Waals surface area contributed by atoms with Crippen LogP contribution in [0, 0.1) is 5.82 Å². The first-order valence-corrected chi connectivity index (χ1v) is 8.13. The van der Waals surface area contributed by atoms with Crippen LogP contribution in [0.1, 0.15) is 11.1 Å². The fourth-order valence-corrected chi connectivity index (χ4v) is 3.63. The summed E-state index contributed by atoms with van der Waals surface area (Å²) in [5.74, 6) is -0.714. The van der Waals surface area contributed by atoms with Gasteiger partial charge in [-0.3, -0.25) is 4.72 Å². The molecule has 0 amide bonds. The van der Waals surface area contributed by atoms with Crippen molar-refractivity contribution in [2.45, 2.75) is 18.0 Å². The van der Waals surface area contributed by atoms with Gasteiger partial charge in [0.15, 0.2) is 0 Å². The number of nitrogens with one attached hydrogen (secondary N) is 2. The summed E-state index contributed by atoms with van der Waals surface area (Å²) < 4.78 is 40.6. The number of para-hydroxylation sites is 1. The first-order chi connectivity index (χ1) is 9.97. The first-order valence-electron chi connectivity index (χ1n) is 6.27. The molecular formula is C14H12ClFN2O2S. The highest BCUT2D eigenvalue weighted by Gasteiger charge is 2.20. The topological polar surface area (TPSA) is 58.2 Å². The molecule has 2 aromatic carbocycles. The summed E-state index contributed by atoms with van der Waals surface area (Å²) in [5, 5.41) is 3.15. The van der Waals surface area contributed by atoms with Gasteiger partial charge in [-0.2, -0.15) is 0 Å². The molecule has 0 radical (unpaired) electrons. The number of halogens is 2. The van der Waals surface area contributed by atoms with Crippen LogP contribution in [-0.4, -0.2) is 8.42 Å². The van der Waals surface area contributed by atoms with Crippen LogP contribution in [-0.2, 0) is 23.1 Å². The predicted octanol–water partition coefficient (Wildman–Crippen LogP) is 2.88. The summed E-state index contributed by atoms with van der Waals surface area (Å²) in [7, 11) is -3.88. The minimum absolute atomic E-state index is 0.0152. The Morgan fingerprint density at radius 3 is 2.67 bits per heavy atom. The molecule has 0 unspecified atom stereocenters. The van der Waals surface area contributed by atoms with Gasteiger partial charge in [-0.1, -0.05) is 23.7 Å². The number of anilines is 1. The van der Waals surface area contributed by atoms with Crippen molar-refractivity contribution in [2.24, 2.45) is 0 Å². The lowest BCUT2D eigenvalue weighted by atomic mass is 10.1. The van der Waals surface area contributed by atoms with Gasteiger partial charge < -0.3 is 5.32 Å². The third kappa shape index (κ3) is 2.74. The second-order valence-electron chi connectivity index (χ2n) is 4.74. The summed E-state index contributed by atoms with van der Waals surface area (Å²) >= 11 is 5.84. The maximum absolute atomic E-state index is 13.7. The first kappa shape index (κ1) is 14.3. The monoisotopic (exact) mass is 326 g/mol. The molecule has 2 N–H and O–H groups in total. The number of sulfonamides is 1. The molecule has 3 rings (SSSR count). The SMILES string of the molecule is O=S(=O)(Nc1c(F)cccc1Cl)c1ccc2c(c1)CNC2. The molecule has 4 nitrogen and oxygen atoms in total. The van der Waals surface area contributed by atoms with Crippen molar-refractivity contribution in [3.05, 3.63) is 58.4 Å². The van der Waals surface area contributed by atoms with Gasteiger partial charge >= 0.3 is 0 Å². The molecule has 0 bridgehead atoms. The van der Waals surface area contributed by atoms with Crippen molar-refractivity contribution in [1.82, 2.24) is 5.32 Å². The molecule has 0 fully saturated rings. The van der Waals surface area contributed by atoms with Crippen LogP contribution >= 0.6 is 11.6 Å². The molecule has 0 aromatic heterocycles.